The van der Waals surface area contributed by atoms with E-state index in [1.807, 2.05) is 32.2 Å². The summed E-state index contributed by atoms with van der Waals surface area (Å²) in [4.78, 5) is 2.17. The molecule has 1 N–H and O–H groups in total. The smallest absolute Gasteiger partial charge is 0.172 e. The van der Waals surface area contributed by atoms with Crippen molar-refractivity contribution in [2.75, 3.05) is 7.05 Å². The van der Waals surface area contributed by atoms with E-state index in [2.05, 4.69) is 33.3 Å². The van der Waals surface area contributed by atoms with Crippen LogP contribution in [0.1, 0.15) is 22.5 Å². The highest BCUT2D eigenvalue weighted by molar-refractivity contribution is 6.30. The topological polar surface area (TPSA) is 64.9 Å². The molecule has 3 rings (SSSR count). The van der Waals surface area contributed by atoms with Gasteiger partial charge < -0.3 is 4.74 Å². The van der Waals surface area contributed by atoms with Gasteiger partial charge in [-0.15, -0.1) is 0 Å². The Balaban J connectivity index is 1.77. The van der Waals surface area contributed by atoms with Gasteiger partial charge in [-0.3, -0.25) is 10.00 Å². The van der Waals surface area contributed by atoms with E-state index in [-0.39, 0.29) is 0 Å². The van der Waals surface area contributed by atoms with Gasteiger partial charge in [0.05, 0.1) is 17.3 Å². The van der Waals surface area contributed by atoms with Crippen molar-refractivity contribution in [1.82, 2.24) is 15.1 Å². The number of aromatic nitrogens is 2. The van der Waals surface area contributed by atoms with Crippen LogP contribution in [0, 0.1) is 18.3 Å². The van der Waals surface area contributed by atoms with Crippen LogP contribution in [-0.4, -0.2) is 22.1 Å². The van der Waals surface area contributed by atoms with Crippen molar-refractivity contribution in [1.29, 1.82) is 5.26 Å². The predicted octanol–water partition coefficient (Wildman–Crippen LogP) is 4.67. The van der Waals surface area contributed by atoms with Gasteiger partial charge in [-0.2, -0.15) is 10.4 Å². The van der Waals surface area contributed by atoms with Crippen LogP contribution in [0.4, 0.5) is 0 Å². The van der Waals surface area contributed by atoms with Crippen LogP contribution in [0.5, 0.6) is 11.5 Å². The van der Waals surface area contributed by atoms with Crippen molar-refractivity contribution in [3.05, 3.63) is 76.1 Å². The third-order valence-electron chi connectivity index (χ3n) is 3.90. The molecule has 0 aliphatic rings. The Kier molecular flexibility index (Phi) is 5.57. The van der Waals surface area contributed by atoms with Crippen molar-refractivity contribution >= 4 is 11.6 Å². The average Bonchev–Trinajstić information content (AvgIpc) is 2.95. The Bertz CT molecular complexity index is 931. The standard InChI is InChI=1S/C20H19ClN4O/c1-14-20(26-18-9-16(11-22)8-17(21)10-18)19(24-23-14)13-25(2)12-15-6-4-3-5-7-15/h3-10H,12-13H2,1-2H3,(H,23,24). The van der Waals surface area contributed by atoms with E-state index in [9.17, 15) is 0 Å². The number of hydrogen-bond acceptors (Lipinski definition) is 4. The number of rotatable bonds is 6. The number of nitrogens with zero attached hydrogens (tertiary/aromatic N) is 3. The van der Waals surface area contributed by atoms with Crippen LogP contribution >= 0.6 is 11.6 Å². The molecule has 0 bridgehead atoms. The van der Waals surface area contributed by atoms with Crippen molar-refractivity contribution < 1.29 is 4.74 Å². The summed E-state index contributed by atoms with van der Waals surface area (Å²) >= 11 is 6.06. The lowest BCUT2D eigenvalue weighted by atomic mass is 10.2. The van der Waals surface area contributed by atoms with E-state index in [1.54, 1.807) is 18.2 Å². The first kappa shape index (κ1) is 18.0. The normalized spacial score (nSPS) is 10.7. The zero-order valence-electron chi connectivity index (χ0n) is 14.7. The van der Waals surface area contributed by atoms with Gasteiger partial charge in [0, 0.05) is 18.1 Å². The molecule has 0 radical (unpaired) electrons. The molecule has 0 fully saturated rings. The number of halogens is 1. The second-order valence-corrected chi connectivity index (χ2v) is 6.60. The summed E-state index contributed by atoms with van der Waals surface area (Å²) in [6, 6.07) is 17.3. The largest absolute Gasteiger partial charge is 0.453 e. The molecule has 0 spiro atoms. The number of nitriles is 1. The van der Waals surface area contributed by atoms with Gasteiger partial charge in [0.1, 0.15) is 11.4 Å². The summed E-state index contributed by atoms with van der Waals surface area (Å²) in [6.45, 7) is 3.34. The molecule has 0 amide bonds. The zero-order valence-corrected chi connectivity index (χ0v) is 15.4. The second kappa shape index (κ2) is 8.05. The quantitative estimate of drug-likeness (QED) is 0.688. The fraction of sp³-hybridized carbons (Fsp3) is 0.200. The highest BCUT2D eigenvalue weighted by Gasteiger charge is 2.15. The van der Waals surface area contributed by atoms with E-state index < -0.39 is 0 Å². The number of H-pyrrole nitrogens is 1. The average molecular weight is 367 g/mol. The summed E-state index contributed by atoms with van der Waals surface area (Å²) in [7, 11) is 2.04. The number of aromatic amines is 1. The van der Waals surface area contributed by atoms with E-state index in [0.29, 0.717) is 28.6 Å². The van der Waals surface area contributed by atoms with Crippen LogP contribution < -0.4 is 4.74 Å². The fourth-order valence-electron chi connectivity index (χ4n) is 2.74. The van der Waals surface area contributed by atoms with E-state index in [4.69, 9.17) is 21.6 Å². The first-order chi connectivity index (χ1) is 12.5. The van der Waals surface area contributed by atoms with E-state index in [1.165, 1.54) is 5.56 Å². The molecule has 0 unspecified atom stereocenters. The Hall–Kier alpha value is -2.81. The molecule has 26 heavy (non-hydrogen) atoms. The lowest BCUT2D eigenvalue weighted by Gasteiger charge is -2.17. The maximum absolute atomic E-state index is 9.09. The molecule has 3 aromatic rings. The molecule has 1 heterocycles. The summed E-state index contributed by atoms with van der Waals surface area (Å²) < 4.78 is 6.00. The highest BCUT2D eigenvalue weighted by Crippen LogP contribution is 2.30. The summed E-state index contributed by atoms with van der Waals surface area (Å²) in [5.41, 5.74) is 3.32. The third-order valence-corrected chi connectivity index (χ3v) is 4.12. The molecule has 0 saturated carbocycles. The van der Waals surface area contributed by atoms with Gasteiger partial charge in [0.25, 0.3) is 0 Å². The number of hydrogen-bond donors (Lipinski definition) is 1. The fourth-order valence-corrected chi connectivity index (χ4v) is 2.96. The third kappa shape index (κ3) is 4.42. The molecular weight excluding hydrogens is 348 g/mol. The van der Waals surface area contributed by atoms with Crippen molar-refractivity contribution in [3.63, 3.8) is 0 Å². The van der Waals surface area contributed by atoms with E-state index >= 15 is 0 Å². The molecule has 132 valence electrons. The van der Waals surface area contributed by atoms with Crippen molar-refractivity contribution in [3.8, 4) is 17.6 Å². The molecule has 6 heteroatoms. The first-order valence-corrected chi connectivity index (χ1v) is 8.58. The molecular formula is C20H19ClN4O. The van der Waals surface area contributed by atoms with Crippen molar-refractivity contribution in [2.24, 2.45) is 0 Å². The van der Waals surface area contributed by atoms with Gasteiger partial charge in [-0.05, 0) is 37.7 Å². The Labute approximate surface area is 157 Å². The Morgan fingerprint density at radius 1 is 1.19 bits per heavy atom. The lowest BCUT2D eigenvalue weighted by molar-refractivity contribution is 0.309. The van der Waals surface area contributed by atoms with Gasteiger partial charge in [-0.1, -0.05) is 41.9 Å². The van der Waals surface area contributed by atoms with Crippen LogP contribution in [0.3, 0.4) is 0 Å². The van der Waals surface area contributed by atoms with Crippen LogP contribution in [0.25, 0.3) is 0 Å². The minimum absolute atomic E-state index is 0.455. The van der Waals surface area contributed by atoms with Gasteiger partial charge in [0.2, 0.25) is 0 Å². The Morgan fingerprint density at radius 2 is 1.96 bits per heavy atom. The van der Waals surface area contributed by atoms with Gasteiger partial charge in [-0.25, -0.2) is 0 Å². The molecule has 0 saturated heterocycles. The van der Waals surface area contributed by atoms with Crippen LogP contribution in [0.15, 0.2) is 48.5 Å². The maximum Gasteiger partial charge on any atom is 0.172 e. The molecule has 0 aliphatic carbocycles. The summed E-state index contributed by atoms with van der Waals surface area (Å²) in [5.74, 6) is 1.18. The highest BCUT2D eigenvalue weighted by atomic mass is 35.5. The monoisotopic (exact) mass is 366 g/mol. The van der Waals surface area contributed by atoms with Crippen LogP contribution in [-0.2, 0) is 13.1 Å². The minimum Gasteiger partial charge on any atom is -0.453 e. The van der Waals surface area contributed by atoms with E-state index in [0.717, 1.165) is 17.9 Å². The van der Waals surface area contributed by atoms with Crippen LogP contribution in [0.2, 0.25) is 5.02 Å². The number of aryl methyl sites for hydroxylation is 1. The first-order valence-electron chi connectivity index (χ1n) is 8.20. The van der Waals surface area contributed by atoms with Gasteiger partial charge in [0.15, 0.2) is 5.75 Å². The molecule has 2 aromatic carbocycles. The van der Waals surface area contributed by atoms with Gasteiger partial charge >= 0.3 is 0 Å². The lowest BCUT2D eigenvalue weighted by Crippen LogP contribution is -2.17. The SMILES string of the molecule is Cc1n[nH]c(CN(C)Cc2ccccc2)c1Oc1cc(Cl)cc(C#N)c1. The number of nitrogens with one attached hydrogen (secondary N) is 1. The molecule has 0 aliphatic heterocycles. The predicted molar refractivity (Wildman–Crippen MR) is 101 cm³/mol. The number of ether oxygens (including phenoxy) is 1. The zero-order chi connectivity index (χ0) is 18.5. The molecule has 0 atom stereocenters. The summed E-state index contributed by atoms with van der Waals surface area (Å²) in [5, 5.41) is 16.9. The maximum atomic E-state index is 9.09. The molecule has 5 nitrogen and oxygen atoms in total. The number of benzene rings is 2. The van der Waals surface area contributed by atoms with Crippen molar-refractivity contribution in [2.45, 2.75) is 20.0 Å². The minimum atomic E-state index is 0.455. The second-order valence-electron chi connectivity index (χ2n) is 6.16. The molecule has 1 aromatic heterocycles. The Morgan fingerprint density at radius 3 is 2.69 bits per heavy atom. The summed E-state index contributed by atoms with van der Waals surface area (Å²) in [6.07, 6.45) is 0.